The molecule has 1 saturated heterocycles. The lowest BCUT2D eigenvalue weighted by atomic mass is 9.97. The first kappa shape index (κ1) is 21.3. The molecule has 0 bridgehead atoms. The molecule has 0 radical (unpaired) electrons. The van der Waals surface area contributed by atoms with Crippen molar-refractivity contribution < 1.29 is 9.59 Å². The fourth-order valence-electron chi connectivity index (χ4n) is 4.13. The van der Waals surface area contributed by atoms with E-state index < -0.39 is 0 Å². The molecule has 31 heavy (non-hydrogen) atoms. The second-order valence-corrected chi connectivity index (χ2v) is 8.37. The van der Waals surface area contributed by atoms with Crippen LogP contribution in [0.5, 0.6) is 0 Å². The zero-order chi connectivity index (χ0) is 22.0. The minimum absolute atomic E-state index is 0.0191. The lowest BCUT2D eigenvalue weighted by Crippen LogP contribution is -2.35. The highest BCUT2D eigenvalue weighted by molar-refractivity contribution is 6.33. The molecule has 7 nitrogen and oxygen atoms in total. The van der Waals surface area contributed by atoms with E-state index in [1.807, 2.05) is 38.1 Å². The number of halogens is 1. The molecule has 3 aromatic rings. The number of hydrogen-bond donors (Lipinski definition) is 1. The maximum Gasteiger partial charge on any atom is 0.256 e. The number of aryl methyl sites for hydroxylation is 1. The molecule has 0 aliphatic carbocycles. The molecule has 1 aliphatic rings. The minimum atomic E-state index is -0.185. The molecule has 2 aromatic heterocycles. The largest absolute Gasteiger partial charge is 0.349 e. The number of aromatic nitrogens is 3. The molecule has 162 valence electrons. The van der Waals surface area contributed by atoms with Gasteiger partial charge in [0.25, 0.3) is 5.91 Å². The Morgan fingerprint density at radius 3 is 2.90 bits per heavy atom. The number of benzene rings is 1. The van der Waals surface area contributed by atoms with Gasteiger partial charge in [0.1, 0.15) is 5.56 Å². The van der Waals surface area contributed by atoms with Crippen molar-refractivity contribution in [3.63, 3.8) is 0 Å². The number of rotatable bonds is 7. The summed E-state index contributed by atoms with van der Waals surface area (Å²) in [7, 11) is 0. The van der Waals surface area contributed by atoms with Crippen molar-refractivity contribution in [2.24, 2.45) is 5.92 Å². The van der Waals surface area contributed by atoms with Crippen LogP contribution < -0.4 is 10.2 Å². The van der Waals surface area contributed by atoms with Gasteiger partial charge in [0, 0.05) is 30.4 Å². The first-order chi connectivity index (χ1) is 15.0. The maximum absolute atomic E-state index is 12.9. The van der Waals surface area contributed by atoms with Gasteiger partial charge in [-0.1, -0.05) is 30.7 Å². The van der Waals surface area contributed by atoms with Crippen LogP contribution in [0.4, 0.5) is 5.69 Å². The molecule has 0 unspecified atom stereocenters. The summed E-state index contributed by atoms with van der Waals surface area (Å²) in [5.74, 6) is -0.129. The van der Waals surface area contributed by atoms with E-state index >= 15 is 0 Å². The van der Waals surface area contributed by atoms with Gasteiger partial charge in [-0.3, -0.25) is 9.59 Å². The van der Waals surface area contributed by atoms with Crippen molar-refractivity contribution in [2.75, 3.05) is 11.4 Å². The summed E-state index contributed by atoms with van der Waals surface area (Å²) in [6.45, 7) is 4.63. The van der Waals surface area contributed by atoms with Crippen LogP contribution in [0.25, 0.3) is 5.65 Å². The predicted molar refractivity (Wildman–Crippen MR) is 120 cm³/mol. The standard InChI is InChI=1S/C23H26ClN5O2/c1-3-17(27-22(30)18-14-26-29-15(2)10-12-25-21(18)29)9-8-16-11-13-28(23(16)31)20-7-5-4-6-19(20)24/h4-7,10,12,14,16-17H,3,8-9,11,13H2,1-2H3,(H,27,30)/t16-,17-/m0/s1. The Labute approximate surface area is 186 Å². The zero-order valence-electron chi connectivity index (χ0n) is 17.7. The van der Waals surface area contributed by atoms with Crippen LogP contribution in [-0.2, 0) is 4.79 Å². The van der Waals surface area contributed by atoms with Crippen LogP contribution in [-0.4, -0.2) is 39.0 Å². The first-order valence-corrected chi connectivity index (χ1v) is 11.0. The Hall–Kier alpha value is -2.93. The second-order valence-electron chi connectivity index (χ2n) is 7.96. The summed E-state index contributed by atoms with van der Waals surface area (Å²) < 4.78 is 1.66. The zero-order valence-corrected chi connectivity index (χ0v) is 18.5. The molecule has 0 spiro atoms. The second kappa shape index (κ2) is 9.06. The molecule has 1 fully saturated rings. The van der Waals surface area contributed by atoms with Crippen LogP contribution in [0.15, 0.2) is 42.7 Å². The predicted octanol–water partition coefficient (Wildman–Crippen LogP) is 4.03. The van der Waals surface area contributed by atoms with E-state index in [2.05, 4.69) is 15.4 Å². The van der Waals surface area contributed by atoms with Crippen molar-refractivity contribution in [3.05, 3.63) is 59.0 Å². The fraction of sp³-hybridized carbons (Fsp3) is 0.391. The van der Waals surface area contributed by atoms with Gasteiger partial charge in [-0.15, -0.1) is 0 Å². The summed E-state index contributed by atoms with van der Waals surface area (Å²) in [4.78, 5) is 31.8. The van der Waals surface area contributed by atoms with Gasteiger partial charge in [-0.05, 0) is 50.8 Å². The number of carbonyl (C=O) groups is 2. The van der Waals surface area contributed by atoms with E-state index in [9.17, 15) is 9.59 Å². The van der Waals surface area contributed by atoms with E-state index in [1.54, 1.807) is 27.9 Å². The van der Waals surface area contributed by atoms with E-state index in [0.29, 0.717) is 22.8 Å². The minimum Gasteiger partial charge on any atom is -0.349 e. The van der Waals surface area contributed by atoms with Gasteiger partial charge >= 0.3 is 0 Å². The molecule has 0 saturated carbocycles. The summed E-state index contributed by atoms with van der Waals surface area (Å²) >= 11 is 6.27. The Morgan fingerprint density at radius 1 is 1.32 bits per heavy atom. The molecule has 4 rings (SSSR count). The average molecular weight is 440 g/mol. The van der Waals surface area contributed by atoms with Crippen LogP contribution >= 0.6 is 11.6 Å². The molecule has 2 atom stereocenters. The van der Waals surface area contributed by atoms with Crippen LogP contribution in [0.3, 0.4) is 0 Å². The van der Waals surface area contributed by atoms with Gasteiger partial charge < -0.3 is 10.2 Å². The molecule has 8 heteroatoms. The van der Waals surface area contributed by atoms with Crippen molar-refractivity contribution in [1.82, 2.24) is 19.9 Å². The van der Waals surface area contributed by atoms with Gasteiger partial charge in [0.05, 0.1) is 16.9 Å². The van der Waals surface area contributed by atoms with E-state index in [-0.39, 0.29) is 23.8 Å². The number of carbonyl (C=O) groups excluding carboxylic acids is 2. The van der Waals surface area contributed by atoms with Gasteiger partial charge in [-0.25, -0.2) is 9.50 Å². The fourth-order valence-corrected chi connectivity index (χ4v) is 4.37. The van der Waals surface area contributed by atoms with Gasteiger partial charge in [-0.2, -0.15) is 5.10 Å². The van der Waals surface area contributed by atoms with Crippen molar-refractivity contribution in [2.45, 2.75) is 45.6 Å². The number of hydrogen-bond acceptors (Lipinski definition) is 4. The topological polar surface area (TPSA) is 79.6 Å². The molecule has 1 aliphatic heterocycles. The SMILES string of the molecule is CC[C@@H](CC[C@H]1CCN(c2ccccc2Cl)C1=O)NC(=O)c1cnn2c(C)ccnc12. The van der Waals surface area contributed by atoms with Crippen molar-refractivity contribution in [1.29, 1.82) is 0 Å². The smallest absolute Gasteiger partial charge is 0.256 e. The van der Waals surface area contributed by atoms with Crippen LogP contribution in [0.1, 0.15) is 48.7 Å². The highest BCUT2D eigenvalue weighted by Crippen LogP contribution is 2.32. The average Bonchev–Trinajstić information content (AvgIpc) is 3.36. The lowest BCUT2D eigenvalue weighted by Gasteiger charge is -2.20. The molecular weight excluding hydrogens is 414 g/mol. The summed E-state index contributed by atoms with van der Waals surface area (Å²) in [6, 6.07) is 9.26. The van der Waals surface area contributed by atoms with Crippen molar-refractivity contribution >= 4 is 34.7 Å². The van der Waals surface area contributed by atoms with E-state index in [1.165, 1.54) is 0 Å². The molecule has 3 heterocycles. The van der Waals surface area contributed by atoms with Gasteiger partial charge in [0.15, 0.2) is 5.65 Å². The third-order valence-electron chi connectivity index (χ3n) is 5.99. The number of para-hydroxylation sites is 1. The summed E-state index contributed by atoms with van der Waals surface area (Å²) in [6.07, 6.45) is 6.28. The summed E-state index contributed by atoms with van der Waals surface area (Å²) in [5, 5.41) is 7.95. The van der Waals surface area contributed by atoms with Crippen LogP contribution in [0.2, 0.25) is 5.02 Å². The lowest BCUT2D eigenvalue weighted by molar-refractivity contribution is -0.120. The van der Waals surface area contributed by atoms with Crippen LogP contribution in [0, 0.1) is 12.8 Å². The molecule has 1 N–H and O–H groups in total. The summed E-state index contributed by atoms with van der Waals surface area (Å²) in [5.41, 5.74) is 2.70. The number of amides is 2. The molecule has 2 amide bonds. The Morgan fingerprint density at radius 2 is 2.13 bits per heavy atom. The quantitative estimate of drug-likeness (QED) is 0.602. The Balaban J connectivity index is 1.37. The van der Waals surface area contributed by atoms with Gasteiger partial charge in [0.2, 0.25) is 5.91 Å². The third-order valence-corrected chi connectivity index (χ3v) is 6.31. The Bertz CT molecular complexity index is 1110. The monoisotopic (exact) mass is 439 g/mol. The highest BCUT2D eigenvalue weighted by atomic mass is 35.5. The normalized spacial score (nSPS) is 17.3. The number of nitrogens with zero attached hydrogens (tertiary/aromatic N) is 4. The number of anilines is 1. The Kier molecular flexibility index (Phi) is 6.23. The first-order valence-electron chi connectivity index (χ1n) is 10.7. The number of fused-ring (bicyclic) bond motifs is 1. The van der Waals surface area contributed by atoms with E-state index in [4.69, 9.17) is 11.6 Å². The van der Waals surface area contributed by atoms with Crippen molar-refractivity contribution in [3.8, 4) is 0 Å². The molecule has 1 aromatic carbocycles. The number of nitrogens with one attached hydrogen (secondary N) is 1. The van der Waals surface area contributed by atoms with E-state index in [0.717, 1.165) is 37.1 Å². The maximum atomic E-state index is 12.9. The highest BCUT2D eigenvalue weighted by Gasteiger charge is 2.33. The third kappa shape index (κ3) is 4.28. The molecular formula is C23H26ClN5O2.